The van der Waals surface area contributed by atoms with E-state index >= 15 is 0 Å². The minimum absolute atomic E-state index is 0.00565. The van der Waals surface area contributed by atoms with Gasteiger partial charge in [-0.05, 0) is 113 Å². The van der Waals surface area contributed by atoms with Crippen molar-refractivity contribution in [3.63, 3.8) is 0 Å². The molecule has 0 amide bonds. The molecule has 1 aliphatic carbocycles. The van der Waals surface area contributed by atoms with E-state index in [0.29, 0.717) is 25.0 Å². The number of methoxy groups -OCH3 is 2. The molecule has 6 heterocycles. The SMILES string of the molecule is COCCOC(=O)C1CC2(CCC3OC3(C)CCC3OC3(C)C)OC2C(CC2OC2(C)CCC2OC2(C)CCC2OC2(C)C)C1C(=O)OCCOC. The van der Waals surface area contributed by atoms with Crippen molar-refractivity contribution >= 4 is 11.9 Å². The van der Waals surface area contributed by atoms with Crippen molar-refractivity contribution in [3.8, 4) is 0 Å². The van der Waals surface area contributed by atoms with Crippen molar-refractivity contribution in [1.29, 1.82) is 0 Å². The lowest BCUT2D eigenvalue weighted by atomic mass is 9.64. The summed E-state index contributed by atoms with van der Waals surface area (Å²) in [6, 6.07) is 0. The van der Waals surface area contributed by atoms with Crippen LogP contribution in [0.5, 0.6) is 0 Å². The maximum absolute atomic E-state index is 13.9. The van der Waals surface area contributed by atoms with Crippen LogP contribution in [0.2, 0.25) is 0 Å². The third-order valence-corrected chi connectivity index (χ3v) is 13.8. The van der Waals surface area contributed by atoms with Gasteiger partial charge in [0, 0.05) is 20.1 Å². The van der Waals surface area contributed by atoms with Crippen LogP contribution in [-0.4, -0.2) is 123 Å². The third kappa shape index (κ3) is 8.25. The summed E-state index contributed by atoms with van der Waals surface area (Å²) in [5.74, 6) is -2.50. The van der Waals surface area contributed by atoms with Gasteiger partial charge in [-0.1, -0.05) is 0 Å². The van der Waals surface area contributed by atoms with Crippen molar-refractivity contribution in [2.75, 3.05) is 40.6 Å². The summed E-state index contributed by atoms with van der Waals surface area (Å²) in [4.78, 5) is 27.7. The van der Waals surface area contributed by atoms with Crippen LogP contribution in [0.1, 0.15) is 113 Å². The normalized spacial score (nSPS) is 45.4. The first-order chi connectivity index (χ1) is 24.5. The molecule has 6 saturated heterocycles. The van der Waals surface area contributed by atoms with E-state index in [2.05, 4.69) is 48.5 Å². The quantitative estimate of drug-likeness (QED) is 0.0829. The molecule has 0 radical (unpaired) electrons. The van der Waals surface area contributed by atoms with Crippen LogP contribution in [0.15, 0.2) is 0 Å². The van der Waals surface area contributed by atoms with Gasteiger partial charge in [0.2, 0.25) is 0 Å². The summed E-state index contributed by atoms with van der Waals surface area (Å²) < 4.78 is 58.8. The molecule has 296 valence electrons. The summed E-state index contributed by atoms with van der Waals surface area (Å²) in [6.07, 6.45) is 8.98. The Kier molecular flexibility index (Phi) is 10.4. The fraction of sp³-hybridized carbons (Fsp3) is 0.950. The number of fused-ring (bicyclic) bond motifs is 1. The second-order valence-electron chi connectivity index (χ2n) is 18.5. The van der Waals surface area contributed by atoms with Gasteiger partial charge >= 0.3 is 11.9 Å². The Morgan fingerprint density at radius 1 is 0.558 bits per heavy atom. The molecule has 7 rings (SSSR count). The molecule has 52 heavy (non-hydrogen) atoms. The molecule has 7 fully saturated rings. The first-order valence-corrected chi connectivity index (χ1v) is 19.9. The van der Waals surface area contributed by atoms with Gasteiger partial charge in [-0.25, -0.2) is 0 Å². The average molecular weight is 737 g/mol. The first-order valence-electron chi connectivity index (χ1n) is 19.9. The summed E-state index contributed by atoms with van der Waals surface area (Å²) in [5.41, 5.74) is -1.17. The molecule has 7 aliphatic rings. The zero-order chi connectivity index (χ0) is 37.3. The van der Waals surface area contributed by atoms with E-state index in [-0.39, 0.29) is 84.8 Å². The van der Waals surface area contributed by atoms with E-state index in [1.54, 1.807) is 14.2 Å². The molecular weight excluding hydrogens is 672 g/mol. The van der Waals surface area contributed by atoms with Gasteiger partial charge in [-0.2, -0.15) is 0 Å². The average Bonchev–Trinajstić information content (AvgIpc) is 3.81. The number of rotatable bonds is 22. The number of epoxide rings is 6. The van der Waals surface area contributed by atoms with Gasteiger partial charge in [0.25, 0.3) is 0 Å². The van der Waals surface area contributed by atoms with E-state index in [1.807, 2.05) is 0 Å². The standard InChI is InChI=1S/C40H64O12/c1-35(2)26(47-35)10-14-37(5)28(49-37)12-16-39(7)30(51-39)22-24-31(34(42)46-21-19-44-9)25(33(41)45-20-18-43-8)23-40(32(24)52-40)17-13-29-38(6,50-29)15-11-27-36(3,4)48-27/h24-32H,10-23H2,1-9H3. The second-order valence-corrected chi connectivity index (χ2v) is 18.5. The van der Waals surface area contributed by atoms with E-state index < -0.39 is 29.4 Å². The van der Waals surface area contributed by atoms with Gasteiger partial charge in [0.1, 0.15) is 13.2 Å². The molecule has 0 aromatic rings. The maximum Gasteiger partial charge on any atom is 0.310 e. The van der Waals surface area contributed by atoms with Gasteiger partial charge in [-0.15, -0.1) is 0 Å². The molecule has 12 nitrogen and oxygen atoms in total. The van der Waals surface area contributed by atoms with Crippen LogP contribution in [-0.2, 0) is 57.0 Å². The van der Waals surface area contributed by atoms with Crippen LogP contribution in [0, 0.1) is 17.8 Å². The Balaban J connectivity index is 0.998. The van der Waals surface area contributed by atoms with Gasteiger partial charge in [0.05, 0.1) is 95.3 Å². The van der Waals surface area contributed by atoms with Crippen LogP contribution >= 0.6 is 0 Å². The first kappa shape index (κ1) is 38.9. The van der Waals surface area contributed by atoms with Crippen molar-refractivity contribution in [1.82, 2.24) is 0 Å². The lowest BCUT2D eigenvalue weighted by Gasteiger charge is -2.36. The number of carbonyl (C=O) groups is 2. The fourth-order valence-corrected chi connectivity index (χ4v) is 9.56. The molecule has 0 spiro atoms. The minimum atomic E-state index is -0.714. The van der Waals surface area contributed by atoms with E-state index in [4.69, 9.17) is 47.4 Å². The van der Waals surface area contributed by atoms with Gasteiger partial charge in [0.15, 0.2) is 0 Å². The minimum Gasteiger partial charge on any atom is -0.463 e. The summed E-state index contributed by atoms with van der Waals surface area (Å²) in [6.45, 7) is 15.9. The summed E-state index contributed by atoms with van der Waals surface area (Å²) in [5, 5.41) is 0. The molecule has 0 aromatic heterocycles. The number of carbonyl (C=O) groups excluding carboxylic acids is 2. The highest BCUT2D eigenvalue weighted by atomic mass is 16.6. The van der Waals surface area contributed by atoms with Gasteiger partial charge in [-0.3, -0.25) is 9.59 Å². The molecule has 0 N–H and O–H groups in total. The molecule has 0 bridgehead atoms. The van der Waals surface area contributed by atoms with E-state index in [0.717, 1.165) is 51.4 Å². The number of hydrogen-bond donors (Lipinski definition) is 0. The summed E-state index contributed by atoms with van der Waals surface area (Å²) >= 11 is 0. The largest absolute Gasteiger partial charge is 0.463 e. The van der Waals surface area contributed by atoms with Crippen LogP contribution in [0.25, 0.3) is 0 Å². The van der Waals surface area contributed by atoms with Gasteiger partial charge < -0.3 is 47.4 Å². The van der Waals surface area contributed by atoms with E-state index in [9.17, 15) is 9.59 Å². The molecular formula is C40H64O12. The van der Waals surface area contributed by atoms with Crippen molar-refractivity contribution in [3.05, 3.63) is 0 Å². The van der Waals surface area contributed by atoms with Crippen LogP contribution < -0.4 is 0 Å². The second kappa shape index (κ2) is 14.0. The predicted octanol–water partition coefficient (Wildman–Crippen LogP) is 5.09. The lowest BCUT2D eigenvalue weighted by Crippen LogP contribution is -2.48. The Labute approximate surface area is 309 Å². The number of hydrogen-bond acceptors (Lipinski definition) is 12. The molecule has 13 unspecified atom stereocenters. The van der Waals surface area contributed by atoms with Crippen molar-refractivity contribution in [2.24, 2.45) is 17.8 Å². The molecule has 1 saturated carbocycles. The monoisotopic (exact) mass is 736 g/mol. The van der Waals surface area contributed by atoms with Crippen LogP contribution in [0.3, 0.4) is 0 Å². The van der Waals surface area contributed by atoms with Crippen molar-refractivity contribution in [2.45, 2.75) is 183 Å². The Morgan fingerprint density at radius 2 is 1.00 bits per heavy atom. The molecule has 13 atom stereocenters. The third-order valence-electron chi connectivity index (χ3n) is 13.8. The Morgan fingerprint density at radius 3 is 1.50 bits per heavy atom. The highest BCUT2D eigenvalue weighted by molar-refractivity contribution is 5.83. The smallest absolute Gasteiger partial charge is 0.310 e. The molecule has 12 heteroatoms. The zero-order valence-electron chi connectivity index (χ0n) is 33.0. The lowest BCUT2D eigenvalue weighted by molar-refractivity contribution is -0.167. The highest BCUT2D eigenvalue weighted by Gasteiger charge is 2.71. The number of esters is 2. The number of ether oxygens (including phenoxy) is 10. The predicted molar refractivity (Wildman–Crippen MR) is 188 cm³/mol. The van der Waals surface area contributed by atoms with E-state index in [1.165, 1.54) is 0 Å². The van der Waals surface area contributed by atoms with Crippen molar-refractivity contribution < 1.29 is 57.0 Å². The highest BCUT2D eigenvalue weighted by Crippen LogP contribution is 2.62. The Hall–Kier alpha value is -1.38. The fourth-order valence-electron chi connectivity index (χ4n) is 9.56. The molecule has 0 aromatic carbocycles. The Bertz CT molecular complexity index is 1340. The molecule has 6 aliphatic heterocycles. The maximum atomic E-state index is 13.9. The topological polar surface area (TPSA) is 146 Å². The zero-order valence-corrected chi connectivity index (χ0v) is 33.0. The van der Waals surface area contributed by atoms with Crippen LogP contribution in [0.4, 0.5) is 0 Å². The summed E-state index contributed by atoms with van der Waals surface area (Å²) in [7, 11) is 3.13.